The van der Waals surface area contributed by atoms with E-state index >= 15 is 0 Å². The normalized spacial score (nSPS) is 12.2. The molecule has 2 aromatic carbocycles. The monoisotopic (exact) mass is 373 g/mol. The SMILES string of the molecule is O=C(COC(=O)C=Cc1ccccc1Cl)NCc1ccc2c(c1)OCO2. The molecule has 3 rings (SSSR count). The maximum Gasteiger partial charge on any atom is 0.331 e. The molecule has 0 spiro atoms. The molecule has 0 aromatic heterocycles. The first-order valence-corrected chi connectivity index (χ1v) is 8.24. The minimum absolute atomic E-state index is 0.197. The molecule has 0 saturated carbocycles. The Balaban J connectivity index is 1.42. The molecular formula is C19H16ClNO5. The second kappa shape index (κ2) is 8.40. The molecule has 1 amide bonds. The van der Waals surface area contributed by atoms with Crippen LogP contribution in [0, 0.1) is 0 Å². The fourth-order valence-corrected chi connectivity index (χ4v) is 2.45. The molecule has 6 nitrogen and oxygen atoms in total. The number of halogens is 1. The van der Waals surface area contributed by atoms with E-state index in [-0.39, 0.29) is 13.4 Å². The zero-order chi connectivity index (χ0) is 18.4. The summed E-state index contributed by atoms with van der Waals surface area (Å²) in [5.41, 5.74) is 1.55. The molecule has 7 heteroatoms. The molecule has 1 N–H and O–H groups in total. The number of benzene rings is 2. The van der Waals surface area contributed by atoms with Crippen molar-refractivity contribution in [1.29, 1.82) is 0 Å². The molecule has 0 aliphatic carbocycles. The van der Waals surface area contributed by atoms with E-state index in [0.29, 0.717) is 28.6 Å². The fourth-order valence-electron chi connectivity index (χ4n) is 2.26. The van der Waals surface area contributed by atoms with Crippen molar-refractivity contribution in [3.05, 3.63) is 64.7 Å². The van der Waals surface area contributed by atoms with Crippen molar-refractivity contribution in [2.75, 3.05) is 13.4 Å². The highest BCUT2D eigenvalue weighted by molar-refractivity contribution is 6.32. The van der Waals surface area contributed by atoms with Crippen LogP contribution < -0.4 is 14.8 Å². The maximum atomic E-state index is 11.8. The Labute approximate surface area is 155 Å². The summed E-state index contributed by atoms with van der Waals surface area (Å²) in [4.78, 5) is 23.5. The minimum Gasteiger partial charge on any atom is -0.454 e. The van der Waals surface area contributed by atoms with Crippen molar-refractivity contribution in [2.45, 2.75) is 6.54 Å². The summed E-state index contributed by atoms with van der Waals surface area (Å²) in [7, 11) is 0. The summed E-state index contributed by atoms with van der Waals surface area (Å²) in [6, 6.07) is 12.5. The smallest absolute Gasteiger partial charge is 0.331 e. The molecule has 1 aliphatic heterocycles. The summed E-state index contributed by atoms with van der Waals surface area (Å²) >= 11 is 5.99. The summed E-state index contributed by atoms with van der Waals surface area (Å²) in [6.07, 6.45) is 2.77. The van der Waals surface area contributed by atoms with Crippen LogP contribution in [0.2, 0.25) is 5.02 Å². The Hall–Kier alpha value is -2.99. The van der Waals surface area contributed by atoms with E-state index in [4.69, 9.17) is 25.8 Å². The zero-order valence-electron chi connectivity index (χ0n) is 13.7. The van der Waals surface area contributed by atoms with Gasteiger partial charge in [0.15, 0.2) is 18.1 Å². The Morgan fingerprint density at radius 2 is 1.96 bits per heavy atom. The van der Waals surface area contributed by atoms with Crippen molar-refractivity contribution < 1.29 is 23.8 Å². The van der Waals surface area contributed by atoms with Gasteiger partial charge in [-0.25, -0.2) is 4.79 Å². The highest BCUT2D eigenvalue weighted by atomic mass is 35.5. The lowest BCUT2D eigenvalue weighted by Crippen LogP contribution is -2.28. The van der Waals surface area contributed by atoms with Crippen LogP contribution in [0.1, 0.15) is 11.1 Å². The zero-order valence-corrected chi connectivity index (χ0v) is 14.5. The molecule has 0 unspecified atom stereocenters. The minimum atomic E-state index is -0.622. The quantitative estimate of drug-likeness (QED) is 0.622. The summed E-state index contributed by atoms with van der Waals surface area (Å²) in [5, 5.41) is 3.20. The topological polar surface area (TPSA) is 73.9 Å². The van der Waals surface area contributed by atoms with Gasteiger partial charge in [0.1, 0.15) is 0 Å². The average molecular weight is 374 g/mol. The van der Waals surface area contributed by atoms with Gasteiger partial charge in [0.25, 0.3) is 5.91 Å². The lowest BCUT2D eigenvalue weighted by atomic mass is 10.2. The van der Waals surface area contributed by atoms with Crippen LogP contribution in [0.5, 0.6) is 11.5 Å². The number of hydrogen-bond acceptors (Lipinski definition) is 5. The van der Waals surface area contributed by atoms with Gasteiger partial charge in [0.05, 0.1) is 0 Å². The van der Waals surface area contributed by atoms with Crippen molar-refractivity contribution >= 4 is 29.6 Å². The number of carbonyl (C=O) groups excluding carboxylic acids is 2. The summed E-state index contributed by atoms with van der Waals surface area (Å²) in [6.45, 7) is 0.127. The fraction of sp³-hybridized carbons (Fsp3) is 0.158. The van der Waals surface area contributed by atoms with Crippen molar-refractivity contribution in [3.8, 4) is 11.5 Å². The van der Waals surface area contributed by atoms with E-state index in [2.05, 4.69) is 5.32 Å². The van der Waals surface area contributed by atoms with E-state index < -0.39 is 11.9 Å². The lowest BCUT2D eigenvalue weighted by Gasteiger charge is -2.06. The standard InChI is InChI=1S/C19H16ClNO5/c20-15-4-2-1-3-14(15)6-8-19(23)24-11-18(22)21-10-13-5-7-16-17(9-13)26-12-25-16/h1-9H,10-12H2,(H,21,22). The van der Waals surface area contributed by atoms with Crippen LogP contribution in [0.25, 0.3) is 6.08 Å². The van der Waals surface area contributed by atoms with Crippen LogP contribution in [-0.4, -0.2) is 25.3 Å². The number of hydrogen-bond donors (Lipinski definition) is 1. The first-order chi connectivity index (χ1) is 12.6. The van der Waals surface area contributed by atoms with E-state index in [1.54, 1.807) is 36.4 Å². The highest BCUT2D eigenvalue weighted by Crippen LogP contribution is 2.32. The number of fused-ring (bicyclic) bond motifs is 1. The molecular weight excluding hydrogens is 358 g/mol. The van der Waals surface area contributed by atoms with Crippen molar-refractivity contribution in [3.63, 3.8) is 0 Å². The molecule has 0 fully saturated rings. The van der Waals surface area contributed by atoms with E-state index in [1.807, 2.05) is 6.07 Å². The van der Waals surface area contributed by atoms with E-state index in [9.17, 15) is 9.59 Å². The van der Waals surface area contributed by atoms with Crippen molar-refractivity contribution in [1.82, 2.24) is 5.32 Å². The number of carbonyl (C=O) groups is 2. The molecule has 0 bridgehead atoms. The maximum absolute atomic E-state index is 11.8. The number of ether oxygens (including phenoxy) is 3. The number of nitrogens with one attached hydrogen (secondary N) is 1. The third-order valence-corrected chi connectivity index (χ3v) is 3.92. The van der Waals surface area contributed by atoms with Crippen LogP contribution in [0.15, 0.2) is 48.5 Å². The summed E-state index contributed by atoms with van der Waals surface area (Å²) < 4.78 is 15.4. The van der Waals surface area contributed by atoms with Gasteiger partial charge in [0, 0.05) is 17.6 Å². The van der Waals surface area contributed by atoms with Crippen LogP contribution in [0.3, 0.4) is 0 Å². The molecule has 0 atom stereocenters. The van der Waals surface area contributed by atoms with E-state index in [1.165, 1.54) is 12.2 Å². The molecule has 0 radical (unpaired) electrons. The second-order valence-corrected chi connectivity index (χ2v) is 5.83. The van der Waals surface area contributed by atoms with Gasteiger partial charge in [0.2, 0.25) is 6.79 Å². The predicted molar refractivity (Wildman–Crippen MR) is 95.9 cm³/mol. The molecule has 2 aromatic rings. The Morgan fingerprint density at radius 1 is 1.15 bits per heavy atom. The summed E-state index contributed by atoms with van der Waals surface area (Å²) in [5.74, 6) is 0.303. The molecule has 0 saturated heterocycles. The number of amides is 1. The van der Waals surface area contributed by atoms with Gasteiger partial charge >= 0.3 is 5.97 Å². The molecule has 134 valence electrons. The first kappa shape index (κ1) is 17.8. The van der Waals surface area contributed by atoms with Gasteiger partial charge in [-0.15, -0.1) is 0 Å². The van der Waals surface area contributed by atoms with Gasteiger partial charge < -0.3 is 19.5 Å². The average Bonchev–Trinajstić information content (AvgIpc) is 3.12. The Morgan fingerprint density at radius 3 is 2.81 bits per heavy atom. The van der Waals surface area contributed by atoms with Gasteiger partial charge in [-0.3, -0.25) is 4.79 Å². The number of esters is 1. The lowest BCUT2D eigenvalue weighted by molar-refractivity contribution is -0.143. The number of rotatable bonds is 6. The highest BCUT2D eigenvalue weighted by Gasteiger charge is 2.13. The molecule has 1 heterocycles. The third kappa shape index (κ3) is 4.77. The Kier molecular flexibility index (Phi) is 5.76. The second-order valence-electron chi connectivity index (χ2n) is 5.43. The third-order valence-electron chi connectivity index (χ3n) is 3.58. The van der Waals surface area contributed by atoms with E-state index in [0.717, 1.165) is 5.56 Å². The Bertz CT molecular complexity index is 850. The predicted octanol–water partition coefficient (Wildman–Crippen LogP) is 2.94. The van der Waals surface area contributed by atoms with Gasteiger partial charge in [-0.05, 0) is 35.4 Å². The van der Waals surface area contributed by atoms with Crippen molar-refractivity contribution in [2.24, 2.45) is 0 Å². The molecule has 1 aliphatic rings. The van der Waals surface area contributed by atoms with Gasteiger partial charge in [-0.1, -0.05) is 35.9 Å². The largest absolute Gasteiger partial charge is 0.454 e. The van der Waals surface area contributed by atoms with Crippen LogP contribution in [-0.2, 0) is 20.9 Å². The van der Waals surface area contributed by atoms with Gasteiger partial charge in [-0.2, -0.15) is 0 Å². The van der Waals surface area contributed by atoms with Crippen LogP contribution in [0.4, 0.5) is 0 Å². The molecule has 26 heavy (non-hydrogen) atoms. The first-order valence-electron chi connectivity index (χ1n) is 7.86. The van der Waals surface area contributed by atoms with Crippen LogP contribution >= 0.6 is 11.6 Å².